The minimum atomic E-state index is -0.563. The summed E-state index contributed by atoms with van der Waals surface area (Å²) in [6.45, 7) is 4.55. The third-order valence-electron chi connectivity index (χ3n) is 5.47. The molecule has 0 atom stereocenters. The van der Waals surface area contributed by atoms with Crippen molar-refractivity contribution in [2.45, 2.75) is 33.1 Å². The van der Waals surface area contributed by atoms with Crippen molar-refractivity contribution in [1.29, 1.82) is 0 Å². The molecule has 0 bridgehead atoms. The van der Waals surface area contributed by atoms with Gasteiger partial charge in [-0.15, -0.1) is 0 Å². The Balaban J connectivity index is 1.67. The Morgan fingerprint density at radius 3 is 2.15 bits per heavy atom. The summed E-state index contributed by atoms with van der Waals surface area (Å²) in [5.74, 6) is 1.26. The number of halogens is 1. The van der Waals surface area contributed by atoms with Crippen LogP contribution >= 0.6 is 15.9 Å². The topological polar surface area (TPSA) is 35.5 Å². The average Bonchev–Trinajstić information content (AvgIpc) is 2.84. The Kier molecular flexibility index (Phi) is 9.32. The predicted molar refractivity (Wildman–Crippen MR) is 140 cm³/mol. The van der Waals surface area contributed by atoms with Crippen molar-refractivity contribution in [1.82, 2.24) is 0 Å². The number of carbonyl (C=O) groups is 1. The van der Waals surface area contributed by atoms with Gasteiger partial charge in [0, 0.05) is 5.33 Å². The molecule has 0 unspecified atom stereocenters. The van der Waals surface area contributed by atoms with Gasteiger partial charge in [0.2, 0.25) is 0 Å². The molecule has 3 rings (SSSR count). The van der Waals surface area contributed by atoms with E-state index in [1.165, 1.54) is 11.1 Å². The van der Waals surface area contributed by atoms with Crippen molar-refractivity contribution in [2.24, 2.45) is 5.41 Å². The molecule has 0 aliphatic rings. The summed E-state index contributed by atoms with van der Waals surface area (Å²) in [4.78, 5) is 12.7. The number of ether oxygens (including phenoxy) is 2. The van der Waals surface area contributed by atoms with Crippen LogP contribution in [0.1, 0.15) is 44.2 Å². The van der Waals surface area contributed by atoms with E-state index in [2.05, 4.69) is 58.4 Å². The number of benzene rings is 3. The van der Waals surface area contributed by atoms with E-state index in [-0.39, 0.29) is 5.97 Å². The molecule has 0 aromatic heterocycles. The van der Waals surface area contributed by atoms with E-state index in [1.54, 1.807) is 12.1 Å². The molecule has 0 radical (unpaired) electrons. The van der Waals surface area contributed by atoms with E-state index in [4.69, 9.17) is 9.47 Å². The molecule has 0 fully saturated rings. The van der Waals surface area contributed by atoms with Crippen LogP contribution in [0.2, 0.25) is 0 Å². The molecule has 0 saturated heterocycles. The standard InChI is InChI=1S/C29H31BrO3/c1-29(2,28(31)33-27-13-7-4-8-14-27)19-9-12-25(24-10-5-3-6-11-24)22-23-15-17-26(18-16-23)32-21-20-30/h3-8,10-11,13-18,22H,9,12,19-21H2,1-2H3. The van der Waals surface area contributed by atoms with Crippen LogP contribution in [0.3, 0.4) is 0 Å². The van der Waals surface area contributed by atoms with Crippen LogP contribution < -0.4 is 9.47 Å². The van der Waals surface area contributed by atoms with E-state index in [0.717, 1.165) is 35.9 Å². The smallest absolute Gasteiger partial charge is 0.316 e. The Morgan fingerprint density at radius 2 is 1.52 bits per heavy atom. The molecule has 3 aromatic rings. The van der Waals surface area contributed by atoms with E-state index in [1.807, 2.05) is 50.2 Å². The molecule has 3 nitrogen and oxygen atoms in total. The first-order valence-corrected chi connectivity index (χ1v) is 12.4. The van der Waals surface area contributed by atoms with Crippen molar-refractivity contribution in [3.05, 3.63) is 96.1 Å². The molecule has 0 saturated carbocycles. The molecule has 172 valence electrons. The minimum absolute atomic E-state index is 0.196. The van der Waals surface area contributed by atoms with Crippen LogP contribution in [0.25, 0.3) is 11.6 Å². The highest BCUT2D eigenvalue weighted by molar-refractivity contribution is 9.09. The number of rotatable bonds is 11. The maximum Gasteiger partial charge on any atom is 0.316 e. The number of alkyl halides is 1. The van der Waals surface area contributed by atoms with Crippen molar-refractivity contribution in [2.75, 3.05) is 11.9 Å². The second kappa shape index (κ2) is 12.4. The molecule has 0 aliphatic carbocycles. The van der Waals surface area contributed by atoms with Gasteiger partial charge in [0.25, 0.3) is 0 Å². The second-order valence-corrected chi connectivity index (χ2v) is 9.38. The summed E-state index contributed by atoms with van der Waals surface area (Å²) in [7, 11) is 0. The fourth-order valence-electron chi connectivity index (χ4n) is 3.53. The Hall–Kier alpha value is -2.85. The zero-order valence-electron chi connectivity index (χ0n) is 19.3. The van der Waals surface area contributed by atoms with Crippen LogP contribution in [0.15, 0.2) is 84.9 Å². The minimum Gasteiger partial charge on any atom is -0.493 e. The summed E-state index contributed by atoms with van der Waals surface area (Å²) in [6, 6.07) is 27.8. The molecule has 4 heteroatoms. The van der Waals surface area contributed by atoms with Gasteiger partial charge in [-0.25, -0.2) is 0 Å². The van der Waals surface area contributed by atoms with Gasteiger partial charge in [-0.05, 0) is 74.1 Å². The lowest BCUT2D eigenvalue weighted by atomic mass is 9.85. The number of carbonyl (C=O) groups excluding carboxylic acids is 1. The van der Waals surface area contributed by atoms with E-state index >= 15 is 0 Å². The lowest BCUT2D eigenvalue weighted by Crippen LogP contribution is -2.29. The summed E-state index contributed by atoms with van der Waals surface area (Å²) >= 11 is 3.38. The molecule has 0 amide bonds. The fraction of sp³-hybridized carbons (Fsp3) is 0.276. The van der Waals surface area contributed by atoms with Gasteiger partial charge in [-0.1, -0.05) is 82.7 Å². The zero-order chi connectivity index (χ0) is 23.5. The number of allylic oxidation sites excluding steroid dienone is 1. The molecular formula is C29H31BrO3. The fourth-order valence-corrected chi connectivity index (χ4v) is 3.69. The quantitative estimate of drug-likeness (QED) is 0.115. The van der Waals surface area contributed by atoms with Gasteiger partial charge in [-0.2, -0.15) is 0 Å². The van der Waals surface area contributed by atoms with Crippen LogP contribution in [-0.4, -0.2) is 17.9 Å². The lowest BCUT2D eigenvalue weighted by molar-refractivity contribution is -0.144. The first kappa shape index (κ1) is 24.8. The molecule has 33 heavy (non-hydrogen) atoms. The molecule has 0 spiro atoms. The predicted octanol–water partition coefficient (Wildman–Crippen LogP) is 7.80. The van der Waals surface area contributed by atoms with Crippen molar-refractivity contribution >= 4 is 33.5 Å². The second-order valence-electron chi connectivity index (χ2n) is 8.58. The van der Waals surface area contributed by atoms with E-state index < -0.39 is 5.41 Å². The normalized spacial score (nSPS) is 11.8. The van der Waals surface area contributed by atoms with Gasteiger partial charge in [-0.3, -0.25) is 4.79 Å². The number of hydrogen-bond donors (Lipinski definition) is 0. The summed E-state index contributed by atoms with van der Waals surface area (Å²) in [5.41, 5.74) is 3.01. The van der Waals surface area contributed by atoms with E-state index in [9.17, 15) is 4.79 Å². The summed E-state index contributed by atoms with van der Waals surface area (Å²) < 4.78 is 11.2. The van der Waals surface area contributed by atoms with Gasteiger partial charge >= 0.3 is 5.97 Å². The number of esters is 1. The Morgan fingerprint density at radius 1 is 0.879 bits per heavy atom. The van der Waals surface area contributed by atoms with Crippen LogP contribution in [0.5, 0.6) is 11.5 Å². The SMILES string of the molecule is CC(C)(CCCC(=Cc1ccc(OCCBr)cc1)c1ccccc1)C(=O)Oc1ccccc1. The first-order chi connectivity index (χ1) is 16.0. The summed E-state index contributed by atoms with van der Waals surface area (Å²) in [6.07, 6.45) is 4.71. The molecule has 0 aliphatic heterocycles. The Bertz CT molecular complexity index is 1030. The highest BCUT2D eigenvalue weighted by Gasteiger charge is 2.29. The highest BCUT2D eigenvalue weighted by Crippen LogP contribution is 2.30. The maximum absolute atomic E-state index is 12.7. The average molecular weight is 507 g/mol. The van der Waals surface area contributed by atoms with Gasteiger partial charge in [0.05, 0.1) is 12.0 Å². The number of hydrogen-bond acceptors (Lipinski definition) is 3. The monoisotopic (exact) mass is 506 g/mol. The third kappa shape index (κ3) is 7.90. The molecule has 3 aromatic carbocycles. The van der Waals surface area contributed by atoms with E-state index in [0.29, 0.717) is 12.4 Å². The maximum atomic E-state index is 12.7. The number of para-hydroxylation sites is 1. The largest absolute Gasteiger partial charge is 0.493 e. The lowest BCUT2D eigenvalue weighted by Gasteiger charge is -2.22. The molecular weight excluding hydrogens is 476 g/mol. The highest BCUT2D eigenvalue weighted by atomic mass is 79.9. The Labute approximate surface area is 205 Å². The van der Waals surface area contributed by atoms with Gasteiger partial charge in [0.1, 0.15) is 11.5 Å². The molecule has 0 heterocycles. The van der Waals surface area contributed by atoms with Gasteiger partial charge < -0.3 is 9.47 Å². The zero-order valence-corrected chi connectivity index (χ0v) is 20.9. The van der Waals surface area contributed by atoms with Crippen LogP contribution in [0, 0.1) is 5.41 Å². The third-order valence-corrected chi connectivity index (χ3v) is 5.79. The van der Waals surface area contributed by atoms with Crippen molar-refractivity contribution < 1.29 is 14.3 Å². The molecule has 0 N–H and O–H groups in total. The van der Waals surface area contributed by atoms with Crippen LogP contribution in [0.4, 0.5) is 0 Å². The van der Waals surface area contributed by atoms with Crippen LogP contribution in [-0.2, 0) is 4.79 Å². The van der Waals surface area contributed by atoms with Crippen molar-refractivity contribution in [3.63, 3.8) is 0 Å². The van der Waals surface area contributed by atoms with Crippen molar-refractivity contribution in [3.8, 4) is 11.5 Å². The first-order valence-electron chi connectivity index (χ1n) is 11.3. The summed E-state index contributed by atoms with van der Waals surface area (Å²) in [5, 5.41) is 0.808. The van der Waals surface area contributed by atoms with Gasteiger partial charge in [0.15, 0.2) is 0 Å².